The van der Waals surface area contributed by atoms with Crippen LogP contribution >= 0.6 is 0 Å². The number of fused-ring (bicyclic) bond motifs is 2. The van der Waals surface area contributed by atoms with Crippen LogP contribution in [-0.2, 0) is 9.53 Å². The van der Waals surface area contributed by atoms with Crippen LogP contribution in [0.25, 0.3) is 0 Å². The number of hydrogen-bond acceptors (Lipinski definition) is 3. The highest BCUT2D eigenvalue weighted by atomic mass is 16.5. The first-order valence-electron chi connectivity index (χ1n) is 8.53. The lowest BCUT2D eigenvalue weighted by molar-refractivity contribution is -0.121. The summed E-state index contributed by atoms with van der Waals surface area (Å²) in [7, 11) is 0. The lowest BCUT2D eigenvalue weighted by Gasteiger charge is -2.29. The highest BCUT2D eigenvalue weighted by molar-refractivity contribution is 5.93. The van der Waals surface area contributed by atoms with Crippen LogP contribution < -0.4 is 10.2 Å². The van der Waals surface area contributed by atoms with Crippen molar-refractivity contribution in [2.24, 2.45) is 17.8 Å². The fourth-order valence-electron chi connectivity index (χ4n) is 4.38. The number of morpholine rings is 1. The molecule has 3 fully saturated rings. The van der Waals surface area contributed by atoms with Crippen LogP contribution in [0, 0.1) is 17.8 Å². The molecule has 3 atom stereocenters. The third kappa shape index (κ3) is 2.72. The first-order chi connectivity index (χ1) is 10.8. The van der Waals surface area contributed by atoms with E-state index in [0.717, 1.165) is 44.3 Å². The van der Waals surface area contributed by atoms with Crippen molar-refractivity contribution in [3.05, 3.63) is 24.3 Å². The van der Waals surface area contributed by atoms with Crippen LogP contribution in [0.15, 0.2) is 24.3 Å². The molecular weight excluding hydrogens is 276 g/mol. The zero-order chi connectivity index (χ0) is 14.9. The van der Waals surface area contributed by atoms with Crippen LogP contribution in [0.2, 0.25) is 0 Å². The molecule has 1 aliphatic heterocycles. The molecule has 22 heavy (non-hydrogen) atoms. The first-order valence-corrected chi connectivity index (χ1v) is 8.53. The smallest absolute Gasteiger partial charge is 0.227 e. The van der Waals surface area contributed by atoms with E-state index in [9.17, 15) is 4.79 Å². The molecule has 1 aromatic rings. The molecule has 2 bridgehead atoms. The summed E-state index contributed by atoms with van der Waals surface area (Å²) in [6.07, 6.45) is 4.96. The second-order valence-corrected chi connectivity index (χ2v) is 6.92. The maximum Gasteiger partial charge on any atom is 0.227 e. The highest BCUT2D eigenvalue weighted by Gasteiger charge is 2.42. The summed E-state index contributed by atoms with van der Waals surface area (Å²) < 4.78 is 5.38. The third-order valence-corrected chi connectivity index (χ3v) is 5.59. The maximum atomic E-state index is 12.5. The quantitative estimate of drug-likeness (QED) is 0.933. The zero-order valence-electron chi connectivity index (χ0n) is 13.0. The summed E-state index contributed by atoms with van der Waals surface area (Å²) in [5.74, 6) is 1.92. The standard InChI is InChI=1S/C18H24N2O2/c21-18(17-12-13-1-2-14(17)11-13)19-15-3-5-16(6-4-15)20-7-9-22-10-8-20/h3-6,13-14,17H,1-2,7-12H2,(H,19,21)/t13-,14-,17+/m1/s1. The normalized spacial score (nSPS) is 30.5. The second kappa shape index (κ2) is 5.92. The van der Waals surface area contributed by atoms with Crippen molar-refractivity contribution >= 4 is 17.3 Å². The van der Waals surface area contributed by atoms with E-state index in [1.54, 1.807) is 0 Å². The van der Waals surface area contributed by atoms with E-state index >= 15 is 0 Å². The minimum absolute atomic E-state index is 0.228. The van der Waals surface area contributed by atoms with Crippen molar-refractivity contribution in [3.63, 3.8) is 0 Å². The Labute approximate surface area is 131 Å². The van der Waals surface area contributed by atoms with E-state index in [1.165, 1.54) is 24.9 Å². The molecule has 4 rings (SSSR count). The minimum atomic E-state index is 0.228. The Morgan fingerprint density at radius 3 is 2.50 bits per heavy atom. The lowest BCUT2D eigenvalue weighted by Crippen LogP contribution is -2.36. The average Bonchev–Trinajstić information content (AvgIpc) is 3.19. The number of rotatable bonds is 3. The SMILES string of the molecule is O=C(Nc1ccc(N2CCOCC2)cc1)[C@H]1C[C@@H]2CC[C@@H]1C2. The third-order valence-electron chi connectivity index (χ3n) is 5.59. The molecule has 1 saturated heterocycles. The maximum absolute atomic E-state index is 12.5. The number of nitrogens with one attached hydrogen (secondary N) is 1. The first kappa shape index (κ1) is 14.1. The Kier molecular flexibility index (Phi) is 3.78. The molecule has 1 heterocycles. The molecule has 2 saturated carbocycles. The van der Waals surface area contributed by atoms with Crippen LogP contribution in [0.5, 0.6) is 0 Å². The summed E-state index contributed by atoms with van der Waals surface area (Å²) in [6, 6.07) is 8.25. The van der Waals surface area contributed by atoms with Gasteiger partial charge in [0.05, 0.1) is 13.2 Å². The summed E-state index contributed by atoms with van der Waals surface area (Å²) in [5, 5.41) is 3.12. The number of ether oxygens (including phenoxy) is 1. The van der Waals surface area contributed by atoms with Crippen molar-refractivity contribution in [2.45, 2.75) is 25.7 Å². The highest BCUT2D eigenvalue weighted by Crippen LogP contribution is 2.48. The van der Waals surface area contributed by atoms with E-state index in [-0.39, 0.29) is 11.8 Å². The molecule has 0 unspecified atom stereocenters. The van der Waals surface area contributed by atoms with Gasteiger partial charge >= 0.3 is 0 Å². The topological polar surface area (TPSA) is 41.6 Å². The molecule has 0 radical (unpaired) electrons. The van der Waals surface area contributed by atoms with Gasteiger partial charge in [-0.3, -0.25) is 4.79 Å². The Bertz CT molecular complexity index is 537. The van der Waals surface area contributed by atoms with Gasteiger partial charge in [-0.1, -0.05) is 6.42 Å². The molecule has 2 aliphatic carbocycles. The molecule has 4 nitrogen and oxygen atoms in total. The molecule has 0 spiro atoms. The van der Waals surface area contributed by atoms with E-state index in [0.29, 0.717) is 5.92 Å². The molecule has 4 heteroatoms. The number of amides is 1. The summed E-state index contributed by atoms with van der Waals surface area (Å²) in [4.78, 5) is 14.8. The lowest BCUT2D eigenvalue weighted by atomic mass is 9.88. The van der Waals surface area contributed by atoms with Gasteiger partial charge in [0.1, 0.15) is 0 Å². The van der Waals surface area contributed by atoms with Crippen molar-refractivity contribution in [1.29, 1.82) is 0 Å². The van der Waals surface area contributed by atoms with Gasteiger partial charge in [-0.2, -0.15) is 0 Å². The molecule has 118 valence electrons. The van der Waals surface area contributed by atoms with Crippen molar-refractivity contribution in [3.8, 4) is 0 Å². The number of carbonyl (C=O) groups excluding carboxylic acids is 1. The van der Waals surface area contributed by atoms with E-state index in [4.69, 9.17) is 4.74 Å². The molecule has 0 aromatic heterocycles. The minimum Gasteiger partial charge on any atom is -0.378 e. The summed E-state index contributed by atoms with van der Waals surface area (Å²) in [5.41, 5.74) is 2.13. The van der Waals surface area contributed by atoms with Gasteiger partial charge in [-0.25, -0.2) is 0 Å². The number of carbonyl (C=O) groups is 1. The fourth-order valence-corrected chi connectivity index (χ4v) is 4.38. The predicted octanol–water partition coefficient (Wildman–Crippen LogP) is 2.90. The number of benzene rings is 1. The van der Waals surface area contributed by atoms with E-state index in [1.807, 2.05) is 12.1 Å². The van der Waals surface area contributed by atoms with Gasteiger partial charge in [0.15, 0.2) is 0 Å². The van der Waals surface area contributed by atoms with Crippen molar-refractivity contribution < 1.29 is 9.53 Å². The van der Waals surface area contributed by atoms with Gasteiger partial charge in [0.2, 0.25) is 5.91 Å². The van der Waals surface area contributed by atoms with Gasteiger partial charge in [-0.05, 0) is 55.4 Å². The van der Waals surface area contributed by atoms with Crippen LogP contribution in [0.3, 0.4) is 0 Å². The zero-order valence-corrected chi connectivity index (χ0v) is 13.0. The fraction of sp³-hybridized carbons (Fsp3) is 0.611. The Morgan fingerprint density at radius 2 is 1.86 bits per heavy atom. The van der Waals surface area contributed by atoms with E-state index in [2.05, 4.69) is 22.3 Å². The Hall–Kier alpha value is -1.55. The van der Waals surface area contributed by atoms with Crippen LogP contribution in [0.4, 0.5) is 11.4 Å². The Balaban J connectivity index is 1.37. The molecular formula is C18H24N2O2. The van der Waals surface area contributed by atoms with Gasteiger partial charge in [0.25, 0.3) is 0 Å². The average molecular weight is 300 g/mol. The van der Waals surface area contributed by atoms with E-state index < -0.39 is 0 Å². The van der Waals surface area contributed by atoms with Gasteiger partial charge in [-0.15, -0.1) is 0 Å². The largest absolute Gasteiger partial charge is 0.378 e. The summed E-state index contributed by atoms with van der Waals surface area (Å²) in [6.45, 7) is 3.47. The van der Waals surface area contributed by atoms with Crippen molar-refractivity contribution in [1.82, 2.24) is 0 Å². The predicted molar refractivity (Wildman–Crippen MR) is 87.0 cm³/mol. The summed E-state index contributed by atoms with van der Waals surface area (Å²) >= 11 is 0. The molecule has 3 aliphatic rings. The number of hydrogen-bond donors (Lipinski definition) is 1. The molecule has 1 N–H and O–H groups in total. The number of anilines is 2. The number of nitrogens with zero attached hydrogens (tertiary/aromatic N) is 1. The molecule has 1 aromatic carbocycles. The monoisotopic (exact) mass is 300 g/mol. The second-order valence-electron chi connectivity index (χ2n) is 6.92. The van der Waals surface area contributed by atoms with Gasteiger partial charge in [0, 0.05) is 30.4 Å². The molecule has 1 amide bonds. The van der Waals surface area contributed by atoms with Gasteiger partial charge < -0.3 is 15.0 Å². The van der Waals surface area contributed by atoms with Crippen LogP contribution in [0.1, 0.15) is 25.7 Å². The van der Waals surface area contributed by atoms with Crippen LogP contribution in [-0.4, -0.2) is 32.2 Å². The van der Waals surface area contributed by atoms with Crippen molar-refractivity contribution in [2.75, 3.05) is 36.5 Å². The Morgan fingerprint density at radius 1 is 1.09 bits per heavy atom.